The van der Waals surface area contributed by atoms with E-state index in [2.05, 4.69) is 5.32 Å². The highest BCUT2D eigenvalue weighted by molar-refractivity contribution is 7.90. The maximum atomic E-state index is 11.4. The Morgan fingerprint density at radius 1 is 1.37 bits per heavy atom. The minimum Gasteiger partial charge on any atom is -0.486 e. The third-order valence-electron chi connectivity index (χ3n) is 3.30. The molecule has 0 saturated carbocycles. The smallest absolute Gasteiger partial charge is 0.148 e. The van der Waals surface area contributed by atoms with Crippen LogP contribution in [0, 0.1) is 0 Å². The molecule has 1 N–H and O–H groups in total. The minimum absolute atomic E-state index is 0.000417. The van der Waals surface area contributed by atoms with Gasteiger partial charge in [0.25, 0.3) is 0 Å². The van der Waals surface area contributed by atoms with Gasteiger partial charge in [0.05, 0.1) is 11.8 Å². The summed E-state index contributed by atoms with van der Waals surface area (Å²) in [7, 11) is -2.98. The predicted molar refractivity (Wildman–Crippen MR) is 76.2 cm³/mol. The van der Waals surface area contributed by atoms with Crippen molar-refractivity contribution in [3.8, 4) is 5.75 Å². The van der Waals surface area contributed by atoms with Crippen molar-refractivity contribution in [1.82, 2.24) is 5.32 Å². The van der Waals surface area contributed by atoms with E-state index in [1.54, 1.807) is 0 Å². The zero-order valence-electron chi connectivity index (χ0n) is 11.8. The number of hydrogen-bond donors (Lipinski definition) is 1. The molecule has 0 spiro atoms. The van der Waals surface area contributed by atoms with Crippen LogP contribution in [0.2, 0.25) is 0 Å². The van der Waals surface area contributed by atoms with E-state index < -0.39 is 9.84 Å². The lowest BCUT2D eigenvalue weighted by Crippen LogP contribution is -2.44. The number of sulfone groups is 1. The molecular formula is C14H21NO3S. The molecule has 4 nitrogen and oxygen atoms in total. The van der Waals surface area contributed by atoms with Crippen molar-refractivity contribution in [2.45, 2.75) is 38.5 Å². The fourth-order valence-corrected chi connectivity index (χ4v) is 3.61. The van der Waals surface area contributed by atoms with E-state index in [1.165, 1.54) is 6.26 Å². The highest BCUT2D eigenvalue weighted by atomic mass is 32.2. The van der Waals surface area contributed by atoms with Crippen LogP contribution in [-0.4, -0.2) is 32.1 Å². The van der Waals surface area contributed by atoms with Crippen molar-refractivity contribution in [3.05, 3.63) is 29.8 Å². The maximum absolute atomic E-state index is 11.4. The van der Waals surface area contributed by atoms with Gasteiger partial charge in [-0.3, -0.25) is 0 Å². The second-order valence-electron chi connectivity index (χ2n) is 5.84. The second kappa shape index (κ2) is 4.80. The molecule has 2 unspecified atom stereocenters. The first-order valence-corrected chi connectivity index (χ1v) is 8.47. The predicted octanol–water partition coefficient (Wildman–Crippen LogP) is 1.92. The van der Waals surface area contributed by atoms with Crippen LogP contribution in [-0.2, 0) is 9.84 Å². The van der Waals surface area contributed by atoms with Crippen LogP contribution in [0.4, 0.5) is 0 Å². The molecule has 2 rings (SSSR count). The molecule has 5 heteroatoms. The highest BCUT2D eigenvalue weighted by Crippen LogP contribution is 2.42. The van der Waals surface area contributed by atoms with Gasteiger partial charge >= 0.3 is 0 Å². The van der Waals surface area contributed by atoms with Gasteiger partial charge in [-0.05, 0) is 26.8 Å². The fourth-order valence-electron chi connectivity index (χ4n) is 2.61. The van der Waals surface area contributed by atoms with Crippen molar-refractivity contribution in [2.24, 2.45) is 0 Å². The second-order valence-corrected chi connectivity index (χ2v) is 8.02. The molecule has 1 aliphatic heterocycles. The lowest BCUT2D eigenvalue weighted by atomic mass is 9.94. The topological polar surface area (TPSA) is 55.4 Å². The highest BCUT2D eigenvalue weighted by Gasteiger charge is 2.41. The Bertz CT molecular complexity index is 566. The van der Waals surface area contributed by atoms with E-state index in [0.717, 1.165) is 11.3 Å². The summed E-state index contributed by atoms with van der Waals surface area (Å²) in [6, 6.07) is 7.76. The molecule has 2 atom stereocenters. The van der Waals surface area contributed by atoms with E-state index in [1.807, 2.05) is 45.0 Å². The molecule has 0 aromatic heterocycles. The zero-order valence-corrected chi connectivity index (χ0v) is 12.6. The Kier molecular flexibility index (Phi) is 3.62. The molecule has 106 valence electrons. The van der Waals surface area contributed by atoms with Crippen molar-refractivity contribution in [3.63, 3.8) is 0 Å². The molecule has 0 bridgehead atoms. The molecule has 0 amide bonds. The Labute approximate surface area is 115 Å². The average molecular weight is 283 g/mol. The van der Waals surface area contributed by atoms with Gasteiger partial charge in [-0.1, -0.05) is 18.2 Å². The van der Waals surface area contributed by atoms with Crippen molar-refractivity contribution in [1.29, 1.82) is 0 Å². The molecule has 1 aromatic carbocycles. The SMILES string of the molecule is CC(CS(C)(=O)=O)NC1c2ccccc2OC1(C)C. The van der Waals surface area contributed by atoms with E-state index in [9.17, 15) is 8.42 Å². The van der Waals surface area contributed by atoms with Gasteiger partial charge in [0.2, 0.25) is 0 Å². The van der Waals surface area contributed by atoms with Gasteiger partial charge in [0, 0.05) is 17.9 Å². The van der Waals surface area contributed by atoms with E-state index in [-0.39, 0.29) is 23.4 Å². The third kappa shape index (κ3) is 3.28. The summed E-state index contributed by atoms with van der Waals surface area (Å²) in [6.07, 6.45) is 1.26. The van der Waals surface area contributed by atoms with E-state index in [4.69, 9.17) is 4.74 Å². The van der Waals surface area contributed by atoms with Crippen LogP contribution in [0.15, 0.2) is 24.3 Å². The van der Waals surface area contributed by atoms with Crippen LogP contribution in [0.1, 0.15) is 32.4 Å². The van der Waals surface area contributed by atoms with Crippen LogP contribution in [0.3, 0.4) is 0 Å². The summed E-state index contributed by atoms with van der Waals surface area (Å²) in [5.41, 5.74) is 0.711. The van der Waals surface area contributed by atoms with E-state index >= 15 is 0 Å². The molecule has 0 saturated heterocycles. The first-order chi connectivity index (χ1) is 8.69. The van der Waals surface area contributed by atoms with Crippen LogP contribution in [0.5, 0.6) is 5.75 Å². The quantitative estimate of drug-likeness (QED) is 0.917. The van der Waals surface area contributed by atoms with Gasteiger partial charge in [0.15, 0.2) is 0 Å². The van der Waals surface area contributed by atoms with Gasteiger partial charge in [-0.15, -0.1) is 0 Å². The van der Waals surface area contributed by atoms with Crippen LogP contribution >= 0.6 is 0 Å². The first kappa shape index (κ1) is 14.3. The number of nitrogens with one attached hydrogen (secondary N) is 1. The summed E-state index contributed by atoms with van der Waals surface area (Å²) in [5.74, 6) is 0.999. The molecule has 1 aromatic rings. The fraction of sp³-hybridized carbons (Fsp3) is 0.571. The Morgan fingerprint density at radius 3 is 2.63 bits per heavy atom. The molecule has 1 aliphatic rings. The number of hydrogen-bond acceptors (Lipinski definition) is 4. The van der Waals surface area contributed by atoms with Gasteiger partial charge < -0.3 is 10.1 Å². The molecular weight excluding hydrogens is 262 g/mol. The Morgan fingerprint density at radius 2 is 2.00 bits per heavy atom. The van der Waals surface area contributed by atoms with Crippen LogP contribution < -0.4 is 10.1 Å². The summed E-state index contributed by atoms with van der Waals surface area (Å²) < 4.78 is 28.6. The largest absolute Gasteiger partial charge is 0.486 e. The standard InChI is InChI=1S/C14H21NO3S/c1-10(9-19(4,16)17)15-13-11-7-5-6-8-12(11)18-14(13,2)3/h5-8,10,13,15H,9H2,1-4H3. The number of rotatable bonds is 4. The number of para-hydroxylation sites is 1. The normalized spacial score (nSPS) is 22.6. The van der Waals surface area contributed by atoms with Gasteiger partial charge in [-0.25, -0.2) is 8.42 Å². The zero-order chi connectivity index (χ0) is 14.3. The lowest BCUT2D eigenvalue weighted by molar-refractivity contribution is 0.0930. The number of fused-ring (bicyclic) bond motifs is 1. The molecule has 0 radical (unpaired) electrons. The van der Waals surface area contributed by atoms with Gasteiger partial charge in [0.1, 0.15) is 21.2 Å². The van der Waals surface area contributed by atoms with Crippen molar-refractivity contribution < 1.29 is 13.2 Å². The molecule has 1 heterocycles. The van der Waals surface area contributed by atoms with Crippen LogP contribution in [0.25, 0.3) is 0 Å². The summed E-state index contributed by atoms with van der Waals surface area (Å²) in [6.45, 7) is 5.91. The summed E-state index contributed by atoms with van der Waals surface area (Å²) >= 11 is 0. The van der Waals surface area contributed by atoms with Crippen molar-refractivity contribution in [2.75, 3.05) is 12.0 Å². The molecule has 0 fully saturated rings. The maximum Gasteiger partial charge on any atom is 0.148 e. The van der Waals surface area contributed by atoms with Gasteiger partial charge in [-0.2, -0.15) is 0 Å². The third-order valence-corrected chi connectivity index (χ3v) is 4.41. The van der Waals surface area contributed by atoms with Crippen molar-refractivity contribution >= 4 is 9.84 Å². The first-order valence-electron chi connectivity index (χ1n) is 6.41. The monoisotopic (exact) mass is 283 g/mol. The molecule has 0 aliphatic carbocycles. The minimum atomic E-state index is -2.98. The average Bonchev–Trinajstić information content (AvgIpc) is 2.47. The number of ether oxygens (including phenoxy) is 1. The summed E-state index contributed by atoms with van der Waals surface area (Å²) in [4.78, 5) is 0. The summed E-state index contributed by atoms with van der Waals surface area (Å²) in [5, 5.41) is 3.38. The Balaban J connectivity index is 2.19. The lowest BCUT2D eigenvalue weighted by Gasteiger charge is -2.29. The number of benzene rings is 1. The van der Waals surface area contributed by atoms with E-state index in [0.29, 0.717) is 0 Å². The Hall–Kier alpha value is -1.07. The molecule has 19 heavy (non-hydrogen) atoms.